The van der Waals surface area contributed by atoms with Gasteiger partial charge in [0.15, 0.2) is 0 Å². The number of halogens is 3. The van der Waals surface area contributed by atoms with Crippen LogP contribution < -0.4 is 10.6 Å². The number of nitrogens with zero attached hydrogens (tertiary/aromatic N) is 3. The second kappa shape index (κ2) is 13.1. The smallest absolute Gasteiger partial charge is 0.379 e. The fraction of sp³-hybridized carbons (Fsp3) is 0.552. The van der Waals surface area contributed by atoms with Crippen LogP contribution in [0.3, 0.4) is 0 Å². The number of carbonyl (C=O) groups excluding carboxylic acids is 3. The third-order valence-corrected chi connectivity index (χ3v) is 7.57. The summed E-state index contributed by atoms with van der Waals surface area (Å²) in [4.78, 5) is 45.5. The molecular formula is C29H38F3N5O4. The van der Waals surface area contributed by atoms with Gasteiger partial charge in [0.2, 0.25) is 5.91 Å². The Bertz CT molecular complexity index is 1180. The van der Waals surface area contributed by atoms with E-state index >= 15 is 0 Å². The van der Waals surface area contributed by atoms with E-state index in [0.29, 0.717) is 26.2 Å². The molecule has 1 saturated heterocycles. The number of carbonyl (C=O) groups is 3. The van der Waals surface area contributed by atoms with E-state index < -0.39 is 35.8 Å². The van der Waals surface area contributed by atoms with E-state index in [1.54, 1.807) is 0 Å². The number of urea groups is 1. The van der Waals surface area contributed by atoms with Gasteiger partial charge in [-0.3, -0.25) is 19.4 Å². The summed E-state index contributed by atoms with van der Waals surface area (Å²) in [6, 6.07) is 2.11. The van der Waals surface area contributed by atoms with Crippen molar-refractivity contribution < 1.29 is 32.3 Å². The number of alkyl halides is 3. The molecule has 0 bridgehead atoms. The molecule has 2 atom stereocenters. The summed E-state index contributed by atoms with van der Waals surface area (Å²) in [5.41, 5.74) is -0.828. The number of amides is 4. The van der Waals surface area contributed by atoms with Gasteiger partial charge in [-0.2, -0.15) is 13.2 Å². The highest BCUT2D eigenvalue weighted by molar-refractivity contribution is 6.03. The Balaban J connectivity index is 1.59. The monoisotopic (exact) mass is 577 g/mol. The third kappa shape index (κ3) is 6.92. The normalized spacial score (nSPS) is 20.8. The zero-order valence-electron chi connectivity index (χ0n) is 23.5. The van der Waals surface area contributed by atoms with Crippen molar-refractivity contribution in [2.24, 2.45) is 5.92 Å². The van der Waals surface area contributed by atoms with E-state index in [1.165, 1.54) is 34.1 Å². The lowest BCUT2D eigenvalue weighted by Gasteiger charge is -2.33. The molecular weight excluding hydrogens is 539 g/mol. The number of rotatable bonds is 11. The zero-order chi connectivity index (χ0) is 29.7. The molecule has 4 rings (SSSR count). The van der Waals surface area contributed by atoms with E-state index in [9.17, 15) is 27.6 Å². The molecule has 9 nitrogen and oxygen atoms in total. The van der Waals surface area contributed by atoms with Crippen molar-refractivity contribution in [3.8, 4) is 0 Å². The fourth-order valence-corrected chi connectivity index (χ4v) is 5.61. The largest absolute Gasteiger partial charge is 0.416 e. The van der Waals surface area contributed by atoms with E-state index in [2.05, 4.69) is 22.1 Å². The van der Waals surface area contributed by atoms with Crippen LogP contribution >= 0.6 is 0 Å². The summed E-state index contributed by atoms with van der Waals surface area (Å²) in [7, 11) is 0. The lowest BCUT2D eigenvalue weighted by molar-refractivity contribution is -0.139. The van der Waals surface area contributed by atoms with Crippen LogP contribution in [0.4, 0.5) is 18.0 Å². The van der Waals surface area contributed by atoms with E-state index in [0.717, 1.165) is 32.1 Å². The molecule has 3 aliphatic heterocycles. The molecule has 3 aliphatic rings. The van der Waals surface area contributed by atoms with E-state index in [4.69, 9.17) is 4.74 Å². The molecule has 41 heavy (non-hydrogen) atoms. The maximum Gasteiger partial charge on any atom is 0.416 e. The molecule has 0 saturated carbocycles. The SMILES string of the molecule is C=CCN1C(=O)NC(c2ccccc2C(F)(F)F)C2=C1CN(C(CC(C)C)C(=O)NCCCN1CCOCC1)C2=O. The second-order valence-corrected chi connectivity index (χ2v) is 10.9. The maximum atomic E-state index is 14.0. The standard InChI is InChI=1S/C29H38F3N5O4/c1-4-11-36-23-18-37(22(17-19(2)3)26(38)33-10-7-12-35-13-15-41-16-14-35)27(39)24(23)25(34-28(36)40)20-8-5-6-9-21(20)29(30,31)32/h4-6,8-9,19,22,25H,1,7,10-18H2,2-3H3,(H,33,38)(H,34,40). The summed E-state index contributed by atoms with van der Waals surface area (Å²) in [6.07, 6.45) is -2.13. The molecule has 2 N–H and O–H groups in total. The van der Waals surface area contributed by atoms with Gasteiger partial charge in [0.1, 0.15) is 6.04 Å². The van der Waals surface area contributed by atoms with Crippen molar-refractivity contribution >= 4 is 17.8 Å². The number of hydrogen-bond acceptors (Lipinski definition) is 5. The quantitative estimate of drug-likeness (QED) is 0.311. The Morgan fingerprint density at radius 2 is 1.93 bits per heavy atom. The number of benzene rings is 1. The van der Waals surface area contributed by atoms with Gasteiger partial charge in [0, 0.05) is 26.2 Å². The Morgan fingerprint density at radius 3 is 2.59 bits per heavy atom. The number of hydrogen-bond donors (Lipinski definition) is 2. The minimum absolute atomic E-state index is 0.0389. The van der Waals surface area contributed by atoms with E-state index in [1.807, 2.05) is 13.8 Å². The number of nitrogens with one attached hydrogen (secondary N) is 2. The Labute approximate surface area is 238 Å². The van der Waals surface area contributed by atoms with Crippen LogP contribution in [0.2, 0.25) is 0 Å². The van der Waals surface area contributed by atoms with Crippen molar-refractivity contribution in [1.82, 2.24) is 25.3 Å². The van der Waals surface area contributed by atoms with Crippen molar-refractivity contribution in [3.63, 3.8) is 0 Å². The molecule has 224 valence electrons. The summed E-state index contributed by atoms with van der Waals surface area (Å²) < 4.78 is 47.2. The molecule has 2 unspecified atom stereocenters. The molecule has 0 radical (unpaired) electrons. The first-order valence-electron chi connectivity index (χ1n) is 14.0. The Kier molecular flexibility index (Phi) is 9.75. The van der Waals surface area contributed by atoms with Crippen LogP contribution in [0, 0.1) is 5.92 Å². The highest BCUT2D eigenvalue weighted by Crippen LogP contribution is 2.42. The predicted octanol–water partition coefficient (Wildman–Crippen LogP) is 3.31. The van der Waals surface area contributed by atoms with Gasteiger partial charge < -0.3 is 20.3 Å². The van der Waals surface area contributed by atoms with Crippen LogP contribution in [0.15, 0.2) is 48.2 Å². The van der Waals surface area contributed by atoms with Gasteiger partial charge in [-0.1, -0.05) is 38.1 Å². The zero-order valence-corrected chi connectivity index (χ0v) is 23.5. The van der Waals surface area contributed by atoms with Gasteiger partial charge in [0.05, 0.1) is 42.6 Å². The van der Waals surface area contributed by atoms with Crippen molar-refractivity contribution in [2.75, 3.05) is 52.5 Å². The minimum atomic E-state index is -4.69. The average molecular weight is 578 g/mol. The Morgan fingerprint density at radius 1 is 1.22 bits per heavy atom. The summed E-state index contributed by atoms with van der Waals surface area (Å²) >= 11 is 0. The summed E-state index contributed by atoms with van der Waals surface area (Å²) in [5, 5.41) is 5.56. The van der Waals surface area contributed by atoms with Gasteiger partial charge >= 0.3 is 12.2 Å². The molecule has 0 aliphatic carbocycles. The molecule has 1 fully saturated rings. The first-order chi connectivity index (χ1) is 19.5. The molecule has 4 amide bonds. The lowest BCUT2D eigenvalue weighted by Crippen LogP contribution is -2.49. The molecule has 3 heterocycles. The van der Waals surface area contributed by atoms with Gasteiger partial charge in [-0.25, -0.2) is 4.79 Å². The fourth-order valence-electron chi connectivity index (χ4n) is 5.61. The highest BCUT2D eigenvalue weighted by atomic mass is 19.4. The van der Waals surface area contributed by atoms with Crippen molar-refractivity contribution in [2.45, 2.75) is 44.9 Å². The third-order valence-electron chi connectivity index (χ3n) is 7.57. The Hall–Kier alpha value is -3.38. The van der Waals surface area contributed by atoms with Crippen LogP contribution in [0.25, 0.3) is 0 Å². The molecule has 0 aromatic heterocycles. The average Bonchev–Trinajstić information content (AvgIpc) is 3.27. The van der Waals surface area contributed by atoms with E-state index in [-0.39, 0.29) is 41.7 Å². The second-order valence-electron chi connectivity index (χ2n) is 10.9. The van der Waals surface area contributed by atoms with Gasteiger partial charge in [-0.15, -0.1) is 6.58 Å². The minimum Gasteiger partial charge on any atom is -0.379 e. The molecule has 1 aromatic rings. The topological polar surface area (TPSA) is 94.2 Å². The molecule has 0 spiro atoms. The van der Waals surface area contributed by atoms with Crippen LogP contribution in [0.5, 0.6) is 0 Å². The highest BCUT2D eigenvalue weighted by Gasteiger charge is 2.48. The summed E-state index contributed by atoms with van der Waals surface area (Å²) in [6.45, 7) is 11.8. The lowest BCUT2D eigenvalue weighted by atomic mass is 9.91. The van der Waals surface area contributed by atoms with Crippen LogP contribution in [-0.4, -0.2) is 91.1 Å². The van der Waals surface area contributed by atoms with Crippen molar-refractivity contribution in [3.05, 3.63) is 59.3 Å². The van der Waals surface area contributed by atoms with Gasteiger partial charge in [-0.05, 0) is 36.9 Å². The first-order valence-corrected chi connectivity index (χ1v) is 14.0. The number of morpholine rings is 1. The molecule has 1 aromatic carbocycles. The summed E-state index contributed by atoms with van der Waals surface area (Å²) in [5.74, 6) is -0.837. The van der Waals surface area contributed by atoms with Gasteiger partial charge in [0.25, 0.3) is 5.91 Å². The van der Waals surface area contributed by atoms with Crippen LogP contribution in [-0.2, 0) is 20.5 Å². The predicted molar refractivity (Wildman–Crippen MR) is 146 cm³/mol. The van der Waals surface area contributed by atoms with Crippen molar-refractivity contribution in [1.29, 1.82) is 0 Å². The first kappa shape index (κ1) is 30.6. The maximum absolute atomic E-state index is 14.0. The number of ether oxygens (including phenoxy) is 1. The van der Waals surface area contributed by atoms with Crippen LogP contribution in [0.1, 0.15) is 43.9 Å². The molecule has 12 heteroatoms.